The molecule has 1 aliphatic heterocycles. The molecular formula is C15H16N4O2. The van der Waals surface area contributed by atoms with Crippen LogP contribution in [0, 0.1) is 0 Å². The summed E-state index contributed by atoms with van der Waals surface area (Å²) in [7, 11) is 1.72. The lowest BCUT2D eigenvalue weighted by molar-refractivity contribution is 0.0949. The molecule has 0 bridgehead atoms. The van der Waals surface area contributed by atoms with E-state index in [0.717, 1.165) is 5.56 Å². The number of carbonyl (C=O) groups is 2. The molecule has 0 atom stereocenters. The average Bonchev–Trinajstić information content (AvgIpc) is 2.94. The van der Waals surface area contributed by atoms with Crippen molar-refractivity contribution in [1.29, 1.82) is 0 Å². The van der Waals surface area contributed by atoms with Crippen LogP contribution in [0.2, 0.25) is 0 Å². The maximum Gasteiger partial charge on any atom is 0.344 e. The van der Waals surface area contributed by atoms with E-state index in [4.69, 9.17) is 0 Å². The normalized spacial score (nSPS) is 14.0. The molecule has 1 N–H and O–H groups in total. The van der Waals surface area contributed by atoms with Gasteiger partial charge < -0.3 is 10.2 Å². The summed E-state index contributed by atoms with van der Waals surface area (Å²) in [5.74, 6) is -0.197. The Bertz CT molecular complexity index is 678. The number of fused-ring (bicyclic) bond motifs is 1. The SMILES string of the molecule is CN1CCc2c(C(=O)NCc3ccccc3)cnn2C1=O. The van der Waals surface area contributed by atoms with E-state index >= 15 is 0 Å². The molecule has 1 aromatic heterocycles. The van der Waals surface area contributed by atoms with Crippen LogP contribution in [0.1, 0.15) is 21.6 Å². The van der Waals surface area contributed by atoms with E-state index in [2.05, 4.69) is 10.4 Å². The largest absolute Gasteiger partial charge is 0.348 e. The van der Waals surface area contributed by atoms with Crippen LogP contribution in [-0.4, -0.2) is 40.2 Å². The Labute approximate surface area is 122 Å². The van der Waals surface area contributed by atoms with Gasteiger partial charge in [0.2, 0.25) is 0 Å². The van der Waals surface area contributed by atoms with Crippen molar-refractivity contribution in [3.05, 3.63) is 53.3 Å². The molecule has 6 heteroatoms. The maximum absolute atomic E-state index is 12.2. The van der Waals surface area contributed by atoms with Crippen molar-refractivity contribution >= 4 is 11.9 Å². The number of aromatic nitrogens is 2. The monoisotopic (exact) mass is 284 g/mol. The third-order valence-corrected chi connectivity index (χ3v) is 3.60. The minimum absolute atomic E-state index is 0.196. The van der Waals surface area contributed by atoms with Crippen LogP contribution in [0.3, 0.4) is 0 Å². The number of nitrogens with one attached hydrogen (secondary N) is 1. The van der Waals surface area contributed by atoms with Gasteiger partial charge in [-0.15, -0.1) is 0 Å². The third kappa shape index (κ3) is 2.52. The molecule has 0 unspecified atom stereocenters. The van der Waals surface area contributed by atoms with Crippen molar-refractivity contribution in [2.45, 2.75) is 13.0 Å². The molecule has 2 heterocycles. The van der Waals surface area contributed by atoms with E-state index in [9.17, 15) is 9.59 Å². The molecule has 21 heavy (non-hydrogen) atoms. The van der Waals surface area contributed by atoms with E-state index < -0.39 is 0 Å². The molecule has 0 saturated heterocycles. The summed E-state index contributed by atoms with van der Waals surface area (Å²) in [5.41, 5.74) is 2.19. The molecule has 2 aromatic rings. The van der Waals surface area contributed by atoms with Crippen LogP contribution in [0.15, 0.2) is 36.5 Å². The molecule has 2 amide bonds. The Morgan fingerprint density at radius 1 is 1.33 bits per heavy atom. The second-order valence-corrected chi connectivity index (χ2v) is 5.04. The number of nitrogens with zero attached hydrogens (tertiary/aromatic N) is 3. The van der Waals surface area contributed by atoms with Crippen LogP contribution in [0.4, 0.5) is 4.79 Å². The Kier molecular flexibility index (Phi) is 3.43. The lowest BCUT2D eigenvalue weighted by Crippen LogP contribution is -2.39. The Balaban J connectivity index is 1.74. The highest BCUT2D eigenvalue weighted by Crippen LogP contribution is 2.15. The number of likely N-dealkylation sites (N-methyl/N-ethyl adjacent to an activating group) is 1. The minimum atomic E-state index is -0.197. The molecule has 1 aromatic carbocycles. The summed E-state index contributed by atoms with van der Waals surface area (Å²) >= 11 is 0. The molecule has 108 valence electrons. The molecule has 0 saturated carbocycles. The van der Waals surface area contributed by atoms with Crippen molar-refractivity contribution < 1.29 is 9.59 Å². The van der Waals surface area contributed by atoms with Gasteiger partial charge in [0.05, 0.1) is 17.5 Å². The Hall–Kier alpha value is -2.63. The van der Waals surface area contributed by atoms with Crippen LogP contribution in [0.5, 0.6) is 0 Å². The van der Waals surface area contributed by atoms with E-state index in [1.54, 1.807) is 11.9 Å². The summed E-state index contributed by atoms with van der Waals surface area (Å²) in [6.07, 6.45) is 2.10. The fraction of sp³-hybridized carbons (Fsp3) is 0.267. The van der Waals surface area contributed by atoms with Crippen molar-refractivity contribution in [1.82, 2.24) is 20.0 Å². The third-order valence-electron chi connectivity index (χ3n) is 3.60. The highest BCUT2D eigenvalue weighted by molar-refractivity contribution is 5.96. The van der Waals surface area contributed by atoms with Gasteiger partial charge in [-0.3, -0.25) is 4.79 Å². The van der Waals surface area contributed by atoms with Crippen molar-refractivity contribution in [2.75, 3.05) is 13.6 Å². The molecule has 0 spiro atoms. The lowest BCUT2D eigenvalue weighted by Gasteiger charge is -2.23. The summed E-state index contributed by atoms with van der Waals surface area (Å²) in [6.45, 7) is 1.06. The molecule has 0 aliphatic carbocycles. The maximum atomic E-state index is 12.2. The average molecular weight is 284 g/mol. The first-order valence-corrected chi connectivity index (χ1v) is 6.81. The number of hydrogen-bond donors (Lipinski definition) is 1. The zero-order valence-electron chi connectivity index (χ0n) is 11.7. The smallest absolute Gasteiger partial charge is 0.344 e. The van der Waals surface area contributed by atoms with Gasteiger partial charge in [0.25, 0.3) is 5.91 Å². The van der Waals surface area contributed by atoms with E-state index in [-0.39, 0.29) is 11.9 Å². The van der Waals surface area contributed by atoms with Crippen LogP contribution < -0.4 is 5.32 Å². The van der Waals surface area contributed by atoms with Gasteiger partial charge in [-0.25, -0.2) is 4.79 Å². The van der Waals surface area contributed by atoms with Gasteiger partial charge in [-0.2, -0.15) is 9.78 Å². The minimum Gasteiger partial charge on any atom is -0.348 e. The van der Waals surface area contributed by atoms with E-state index in [1.807, 2.05) is 30.3 Å². The van der Waals surface area contributed by atoms with Crippen molar-refractivity contribution in [3.63, 3.8) is 0 Å². The summed E-state index contributed by atoms with van der Waals surface area (Å²) < 4.78 is 1.31. The molecule has 6 nitrogen and oxygen atoms in total. The van der Waals surface area contributed by atoms with Gasteiger partial charge in [0, 0.05) is 26.6 Å². The quantitative estimate of drug-likeness (QED) is 0.923. The van der Waals surface area contributed by atoms with Crippen molar-refractivity contribution in [2.24, 2.45) is 0 Å². The van der Waals surface area contributed by atoms with Gasteiger partial charge in [0.1, 0.15) is 0 Å². The summed E-state index contributed by atoms with van der Waals surface area (Å²) in [4.78, 5) is 25.8. The summed E-state index contributed by atoms with van der Waals surface area (Å²) in [5, 5.41) is 6.89. The summed E-state index contributed by atoms with van der Waals surface area (Å²) in [6, 6.07) is 9.49. The number of amides is 2. The number of hydrogen-bond acceptors (Lipinski definition) is 3. The first kappa shape index (κ1) is 13.4. The topological polar surface area (TPSA) is 67.2 Å². The second kappa shape index (κ2) is 5.40. The molecule has 0 radical (unpaired) electrons. The zero-order valence-corrected chi connectivity index (χ0v) is 11.7. The van der Waals surface area contributed by atoms with Crippen molar-refractivity contribution in [3.8, 4) is 0 Å². The first-order valence-electron chi connectivity index (χ1n) is 6.81. The van der Waals surface area contributed by atoms with Gasteiger partial charge in [-0.1, -0.05) is 30.3 Å². The van der Waals surface area contributed by atoms with E-state index in [0.29, 0.717) is 30.8 Å². The Morgan fingerprint density at radius 3 is 2.86 bits per heavy atom. The van der Waals surface area contributed by atoms with Crippen LogP contribution >= 0.6 is 0 Å². The highest BCUT2D eigenvalue weighted by Gasteiger charge is 2.27. The highest BCUT2D eigenvalue weighted by atomic mass is 16.2. The van der Waals surface area contributed by atoms with Gasteiger partial charge in [0.15, 0.2) is 0 Å². The molecule has 3 rings (SSSR count). The number of carbonyl (C=O) groups excluding carboxylic acids is 2. The molecule has 1 aliphatic rings. The molecule has 0 fully saturated rings. The van der Waals surface area contributed by atoms with Gasteiger partial charge >= 0.3 is 6.03 Å². The van der Waals surface area contributed by atoms with Crippen LogP contribution in [-0.2, 0) is 13.0 Å². The standard InChI is InChI=1S/C15H16N4O2/c1-18-8-7-13-12(10-17-19(13)15(18)21)14(20)16-9-11-5-3-2-4-6-11/h2-6,10H,7-9H2,1H3,(H,16,20). The van der Waals surface area contributed by atoms with Crippen LogP contribution in [0.25, 0.3) is 0 Å². The predicted molar refractivity (Wildman–Crippen MR) is 77.0 cm³/mol. The lowest BCUT2D eigenvalue weighted by atomic mass is 10.1. The zero-order chi connectivity index (χ0) is 14.8. The predicted octanol–water partition coefficient (Wildman–Crippen LogP) is 1.27. The number of rotatable bonds is 3. The van der Waals surface area contributed by atoms with E-state index in [1.165, 1.54) is 10.9 Å². The first-order chi connectivity index (χ1) is 10.2. The fourth-order valence-electron chi connectivity index (χ4n) is 2.37. The molecular weight excluding hydrogens is 268 g/mol. The van der Waals surface area contributed by atoms with Gasteiger partial charge in [-0.05, 0) is 5.56 Å². The second-order valence-electron chi connectivity index (χ2n) is 5.04. The fourth-order valence-corrected chi connectivity index (χ4v) is 2.37. The Morgan fingerprint density at radius 2 is 2.10 bits per heavy atom. The number of benzene rings is 1.